The third-order valence-corrected chi connectivity index (χ3v) is 22.2. The molecule has 5 aliphatic rings. The van der Waals surface area contributed by atoms with Crippen LogP contribution in [0.2, 0.25) is 0 Å². The van der Waals surface area contributed by atoms with Gasteiger partial charge in [-0.05, 0) is 0 Å². The van der Waals surface area contributed by atoms with E-state index in [-0.39, 0.29) is 10.8 Å². The zero-order valence-corrected chi connectivity index (χ0v) is 52.9. The second-order valence-electron chi connectivity index (χ2n) is 26.6. The van der Waals surface area contributed by atoms with E-state index < -0.39 is 17.6 Å². The summed E-state index contributed by atoms with van der Waals surface area (Å²) in [6, 6.07) is 97.1. The molecule has 0 spiro atoms. The summed E-state index contributed by atoms with van der Waals surface area (Å²) in [4.78, 5) is 10.6. The number of rotatable bonds is 2. The van der Waals surface area contributed by atoms with Gasteiger partial charge in [0, 0.05) is 0 Å². The molecule has 0 aliphatic carbocycles. The Kier molecular flexibility index (Phi) is 10.7. The molecule has 0 N–H and O–H groups in total. The first-order chi connectivity index (χ1) is 43.9. The molecule has 14 aromatic rings. The second kappa shape index (κ2) is 18.6. The van der Waals surface area contributed by atoms with Crippen LogP contribution in [0.1, 0.15) is 52.7 Å². The van der Waals surface area contributed by atoms with Crippen LogP contribution in [0, 0.1) is 0 Å². The molecule has 0 saturated heterocycles. The number of benzene rings is 12. The quantitative estimate of drug-likeness (QED) is 0.172. The summed E-state index contributed by atoms with van der Waals surface area (Å²) in [5, 5.41) is 4.80. The minimum atomic E-state index is -1.30. The Bertz CT molecular complexity index is 5050. The van der Waals surface area contributed by atoms with Gasteiger partial charge in [-0.1, -0.05) is 12.1 Å². The number of hydrogen-bond acceptors (Lipinski definition) is 5. The van der Waals surface area contributed by atoms with E-state index in [1.54, 1.807) is 0 Å². The van der Waals surface area contributed by atoms with Gasteiger partial charge in [-0.2, -0.15) is 0 Å². The SMILES string of the molecule is CC(C)(C)c1cc2c3c(c1)-c1ccc4c(c1)c1cc(ccc1n4-c1ccccc1)-c1cc(C(C)(C)C)cc(c1N1[C]4=[Pt]=[C]5N(c6cccc(c6)Oc6cccc(c6)N4c4ccccc41)c1ccccc1N53)-c1ccc3c(c1)c1cc-2ccc1n3-c1ccccc1. The predicted molar refractivity (Wildman–Crippen MR) is 372 cm³/mol. The third-order valence-electron chi connectivity index (χ3n) is 19.1. The normalized spacial score (nSPS) is 14.3. The molecule has 434 valence electrons. The van der Waals surface area contributed by atoms with E-state index >= 15 is 0 Å². The molecule has 8 heteroatoms. The maximum absolute atomic E-state index is 7.04. The fraction of sp³-hybridized carbons (Fsp3) is 0.0976. The van der Waals surface area contributed by atoms with Crippen LogP contribution in [0.25, 0.3) is 99.5 Å². The van der Waals surface area contributed by atoms with Crippen LogP contribution in [0.4, 0.5) is 45.5 Å². The van der Waals surface area contributed by atoms with Crippen molar-refractivity contribution in [1.82, 2.24) is 9.13 Å². The first-order valence-corrected chi connectivity index (χ1v) is 33.4. The average Bonchev–Trinajstić information content (AvgIpc) is 1.48. The molecule has 5 aliphatic heterocycles. The van der Waals surface area contributed by atoms with Crippen molar-refractivity contribution in [3.63, 3.8) is 0 Å². The van der Waals surface area contributed by atoms with Gasteiger partial charge in [0.1, 0.15) is 0 Å². The first-order valence-electron chi connectivity index (χ1n) is 31.1. The molecule has 2 aromatic heterocycles. The summed E-state index contributed by atoms with van der Waals surface area (Å²) in [6.07, 6.45) is 0. The third kappa shape index (κ3) is 7.44. The Balaban J connectivity index is 1.11. The van der Waals surface area contributed by atoms with Gasteiger partial charge < -0.3 is 0 Å². The standard InChI is InChI=1S/C82H60N6O.Pt/c1-81(2,3)55-43-63-51-31-35-71-67(39-51)69-41-53(33-37-73(69)87(71)57-19-9-7-10-20-57)65-45-56(82(4,5)6)46-66-54-34-38-74-70(42-54)68-40-52(32-36-72(68)88(74)58-21-11-8-12-22-58)64(44-55)79(63)85-49-83(75-27-13-15-29-77(75)85)59-23-17-25-61(47-59)89-62-26-18-24-60(48-62)84-50-86(80(65)66)78-30-16-14-28-76(78)84;/h7-48H,1-6H3;. The van der Waals surface area contributed by atoms with Crippen LogP contribution < -0.4 is 24.3 Å². The van der Waals surface area contributed by atoms with E-state index in [2.05, 4.69) is 325 Å². The van der Waals surface area contributed by atoms with Crippen molar-refractivity contribution in [3.05, 3.63) is 266 Å². The van der Waals surface area contributed by atoms with Gasteiger partial charge in [-0.15, -0.1) is 0 Å². The molecule has 12 aromatic carbocycles. The fourth-order valence-electron chi connectivity index (χ4n) is 14.8. The van der Waals surface area contributed by atoms with Crippen LogP contribution in [-0.4, -0.2) is 17.4 Å². The Morgan fingerprint density at radius 1 is 0.289 bits per heavy atom. The zero-order chi connectivity index (χ0) is 60.1. The Labute approximate surface area is 530 Å². The number of hydrogen-bond donors (Lipinski definition) is 0. The van der Waals surface area contributed by atoms with Gasteiger partial charge in [0.05, 0.1) is 0 Å². The summed E-state index contributed by atoms with van der Waals surface area (Å²) in [5.41, 5.74) is 27.1. The van der Waals surface area contributed by atoms with Gasteiger partial charge in [-0.25, -0.2) is 0 Å². The van der Waals surface area contributed by atoms with Gasteiger partial charge in [0.2, 0.25) is 0 Å². The predicted octanol–water partition coefficient (Wildman–Crippen LogP) is 21.4. The van der Waals surface area contributed by atoms with Crippen molar-refractivity contribution in [3.8, 4) is 67.4 Å². The minimum absolute atomic E-state index is 0.234. The molecule has 0 saturated carbocycles. The van der Waals surface area contributed by atoms with Crippen molar-refractivity contribution < 1.29 is 22.4 Å². The summed E-state index contributed by atoms with van der Waals surface area (Å²) in [7, 11) is 0. The topological polar surface area (TPSA) is 32.1 Å². The molecule has 0 radical (unpaired) electrons. The van der Waals surface area contributed by atoms with Gasteiger partial charge in [0.15, 0.2) is 0 Å². The number of ether oxygens (including phenoxy) is 1. The number of para-hydroxylation sites is 6. The summed E-state index contributed by atoms with van der Waals surface area (Å²) in [5.74, 6) is 1.56. The molecule has 90 heavy (non-hydrogen) atoms. The molecule has 0 amide bonds. The van der Waals surface area contributed by atoms with Crippen molar-refractivity contribution in [2.24, 2.45) is 0 Å². The molecule has 0 atom stereocenters. The molecule has 7 nitrogen and oxygen atoms in total. The van der Waals surface area contributed by atoms with Crippen LogP contribution in [0.3, 0.4) is 0 Å². The van der Waals surface area contributed by atoms with E-state index in [1.165, 1.54) is 63.2 Å². The van der Waals surface area contributed by atoms with Crippen molar-refractivity contribution in [2.45, 2.75) is 52.4 Å². The van der Waals surface area contributed by atoms with Crippen LogP contribution in [0.5, 0.6) is 11.5 Å². The van der Waals surface area contributed by atoms with E-state index in [9.17, 15) is 0 Å². The van der Waals surface area contributed by atoms with Crippen molar-refractivity contribution in [2.75, 3.05) is 19.6 Å². The van der Waals surface area contributed by atoms with Gasteiger partial charge in [0.25, 0.3) is 0 Å². The van der Waals surface area contributed by atoms with E-state index in [0.29, 0.717) is 0 Å². The second-order valence-corrected chi connectivity index (χ2v) is 29.2. The van der Waals surface area contributed by atoms with Crippen molar-refractivity contribution in [1.29, 1.82) is 0 Å². The van der Waals surface area contributed by atoms with Crippen molar-refractivity contribution >= 4 is 97.4 Å². The van der Waals surface area contributed by atoms with E-state index in [1.807, 2.05) is 0 Å². The van der Waals surface area contributed by atoms with Crippen LogP contribution >= 0.6 is 0 Å². The number of fused-ring (bicyclic) bond motifs is 18. The maximum atomic E-state index is 7.04. The Morgan fingerprint density at radius 3 is 0.933 bits per heavy atom. The zero-order valence-electron chi connectivity index (χ0n) is 50.7. The summed E-state index contributed by atoms with van der Waals surface area (Å²) >= 11 is -1.30. The monoisotopic (exact) mass is 1340 g/mol. The molecule has 0 unspecified atom stereocenters. The number of nitrogens with zero attached hydrogens (tertiary/aromatic N) is 6. The van der Waals surface area contributed by atoms with Gasteiger partial charge in [-0.3, -0.25) is 0 Å². The number of anilines is 8. The van der Waals surface area contributed by atoms with Crippen LogP contribution in [0.15, 0.2) is 255 Å². The number of aromatic nitrogens is 2. The average molecular weight is 1340 g/mol. The molecular weight excluding hydrogens is 1280 g/mol. The van der Waals surface area contributed by atoms with E-state index in [0.717, 1.165) is 113 Å². The Morgan fingerprint density at radius 2 is 0.600 bits per heavy atom. The van der Waals surface area contributed by atoms with Crippen LogP contribution in [-0.2, 0) is 28.5 Å². The van der Waals surface area contributed by atoms with Gasteiger partial charge >= 0.3 is 522 Å². The first kappa shape index (κ1) is 51.7. The molecule has 19 rings (SSSR count). The molecule has 7 heterocycles. The molecule has 0 fully saturated rings. The fourth-order valence-corrected chi connectivity index (χ4v) is 18.4. The molecular formula is C82H60N6OPt. The Hall–Kier alpha value is -10.3. The summed E-state index contributed by atoms with van der Waals surface area (Å²) < 4.78 is 14.4. The van der Waals surface area contributed by atoms with E-state index in [4.69, 9.17) is 4.74 Å². The molecule has 16 bridgehead atoms. The summed E-state index contributed by atoms with van der Waals surface area (Å²) in [6.45, 7) is 14.2.